The third kappa shape index (κ3) is 38.6. The summed E-state index contributed by atoms with van der Waals surface area (Å²) in [5, 5.41) is 82.0. The van der Waals surface area contributed by atoms with E-state index in [0.29, 0.717) is 36.9 Å². The molecule has 0 bridgehead atoms. The summed E-state index contributed by atoms with van der Waals surface area (Å²) in [6, 6.07) is -7.57. The van der Waals surface area contributed by atoms with E-state index in [1.54, 1.807) is 58.0 Å². The number of unbranched alkanes of at least 4 members (excludes halogenated alkanes) is 2. The van der Waals surface area contributed by atoms with E-state index in [9.17, 15) is 107 Å². The summed E-state index contributed by atoms with van der Waals surface area (Å²) >= 11 is 0. The zero-order valence-electron chi connectivity index (χ0n) is 69.9. The maximum Gasteiger partial charge on any atom is 0.328 e. The molecule has 1 fully saturated rings. The first-order valence-electron chi connectivity index (χ1n) is 40.7. The van der Waals surface area contributed by atoms with Gasteiger partial charge in [0.05, 0.1) is 32.2 Å². The number of phenols is 1. The van der Waals surface area contributed by atoms with E-state index in [4.69, 9.17) is 45.5 Å². The number of aliphatic hydroxyl groups excluding tert-OH is 2. The molecule has 0 aromatic heterocycles. The number of carbonyl (C=O) groups excluding carboxylic acids is 17. The van der Waals surface area contributed by atoms with Crippen LogP contribution in [0.3, 0.4) is 0 Å². The van der Waals surface area contributed by atoms with Crippen molar-refractivity contribution in [2.75, 3.05) is 45.9 Å². The normalized spacial score (nSPS) is 15.7. The van der Waals surface area contributed by atoms with E-state index in [2.05, 4.69) is 74.4 Å². The van der Waals surface area contributed by atoms with Gasteiger partial charge in [0.25, 0.3) is 0 Å². The van der Waals surface area contributed by atoms with Crippen molar-refractivity contribution in [2.24, 2.45) is 52.0 Å². The lowest BCUT2D eigenvalue weighted by molar-refractivity contribution is -0.143. The highest BCUT2D eigenvalue weighted by Crippen LogP contribution is 2.22. The standard InChI is InChI=1S/C78H125N23O22/c1-6-42(4)63(100-68(113)50(27-29-60(83)106)91-65(110)47(81)18-10-12-30-79)75(120)93-49(26-28-59(82)105)67(112)98-56(39-102)73(118)94-51(20-14-32-87-78(85)86)76(121)101-33-15-21-58(101)74(119)88-38-62(108)90-55(37-61(84)107)69(114)89-43(5)64(109)95-52(34-41(2)3)70(115)96-54(36-45-22-24-46(104)25-23-45)72(117)97-53(35-44-16-8-7-9-17-44)71(116)92-48(19-11-13-31-80)66(111)99-57(40-103)77(122)123/h7-9,16-17,22-25,41-43,47-58,63,102-104H,6,10-15,18-21,26-40,79-81H2,1-5H3,(H2,82,105)(H2,83,106)(H2,84,107)(H,88,119)(H,89,114)(H,90,108)(H,91,110)(H,92,116)(H,93,120)(H,94,118)(H,95,109)(H,96,115)(H,97,117)(H,98,112)(H,99,111)(H,100,113)(H,122,123)(H4,85,86,87)/t42-,43-,47-,48-,49-,50-,51-,52-,53-,54-,55-,56-,57-,58-,63-/m0/s1. The minimum absolute atomic E-state index is 0.00830. The number of nitrogens with zero attached hydrogens (tertiary/aromatic N) is 1. The van der Waals surface area contributed by atoms with Crippen LogP contribution in [0.1, 0.15) is 155 Å². The van der Waals surface area contributed by atoms with Gasteiger partial charge in [0.2, 0.25) is 100 Å². The Hall–Kier alpha value is -12.2. The molecule has 17 amide bonds. The fourth-order valence-electron chi connectivity index (χ4n) is 12.8. The number of carbonyl (C=O) groups is 18. The molecule has 0 aliphatic carbocycles. The minimum Gasteiger partial charge on any atom is -0.508 e. The van der Waals surface area contributed by atoms with Gasteiger partial charge in [-0.15, -0.1) is 0 Å². The number of aliphatic carboxylic acids is 1. The molecule has 1 aliphatic heterocycles. The zero-order valence-corrected chi connectivity index (χ0v) is 69.9. The Morgan fingerprint density at radius 2 is 0.935 bits per heavy atom. The first-order chi connectivity index (χ1) is 58.2. The molecule has 1 aliphatic rings. The van der Waals surface area contributed by atoms with Gasteiger partial charge in [-0.2, -0.15) is 0 Å². The monoisotopic (exact) mass is 1740 g/mol. The van der Waals surface area contributed by atoms with Crippen molar-refractivity contribution in [2.45, 2.75) is 241 Å². The Morgan fingerprint density at radius 3 is 1.46 bits per heavy atom. The highest BCUT2D eigenvalue weighted by molar-refractivity contribution is 6.01. The quantitative estimate of drug-likeness (QED) is 0.0166. The van der Waals surface area contributed by atoms with Gasteiger partial charge in [0, 0.05) is 38.8 Å². The summed E-state index contributed by atoms with van der Waals surface area (Å²) in [6.07, 6.45) is -1.03. The number of hydrogen-bond donors (Lipinski definition) is 26. The lowest BCUT2D eigenvalue weighted by atomic mass is 9.96. The number of nitrogens with one attached hydrogen (secondary N) is 15. The maximum atomic E-state index is 14.7. The van der Waals surface area contributed by atoms with Gasteiger partial charge in [-0.05, 0) is 132 Å². The number of carboxylic acids is 1. The van der Waals surface area contributed by atoms with Gasteiger partial charge in [-0.3, -0.25) is 86.9 Å². The summed E-state index contributed by atoms with van der Waals surface area (Å²) in [4.78, 5) is 246. The molecule has 1 saturated heterocycles. The molecule has 123 heavy (non-hydrogen) atoms. The number of amides is 17. The number of rotatable bonds is 58. The van der Waals surface area contributed by atoms with E-state index in [0.717, 1.165) is 4.90 Å². The number of likely N-dealkylation sites (tertiary alicyclic amines) is 1. The van der Waals surface area contributed by atoms with E-state index in [1.165, 1.54) is 31.2 Å². The number of guanidine groups is 1. The average molecular weight is 1740 g/mol. The summed E-state index contributed by atoms with van der Waals surface area (Å²) < 4.78 is 0. The molecule has 15 atom stereocenters. The van der Waals surface area contributed by atoms with Crippen molar-refractivity contribution in [3.8, 4) is 5.75 Å². The van der Waals surface area contributed by atoms with Crippen molar-refractivity contribution in [1.29, 1.82) is 5.41 Å². The SMILES string of the molecule is CC[C@H](C)[C@H](NC(=O)[C@H](CCC(N)=O)NC(=O)[C@@H](N)CCCCN)C(=O)N[C@@H](CCC(N)=O)C(=O)N[C@@H](CO)C(=O)N[C@@H](CCCNC(=N)N)C(=O)N1CCC[C@H]1C(=O)NCC(=O)N[C@@H](CC(N)=O)C(=O)N[C@@H](C)C(=O)N[C@@H](CC(C)C)C(=O)N[C@@H](Cc1ccc(O)cc1)C(=O)N[C@@H](Cc1ccccc1)C(=O)N[C@@H](CCCCN)C(=O)N[C@@H](CO)C(=O)O. The molecular formula is C78H125N23O22. The third-order valence-corrected chi connectivity index (χ3v) is 19.9. The fraction of sp³-hybridized carbons (Fsp3) is 0.603. The van der Waals surface area contributed by atoms with Crippen molar-refractivity contribution >= 4 is 112 Å². The molecule has 33 N–H and O–H groups in total. The highest BCUT2D eigenvalue weighted by Gasteiger charge is 2.41. The smallest absolute Gasteiger partial charge is 0.328 e. The molecule has 2 aromatic rings. The van der Waals surface area contributed by atoms with Crippen LogP contribution in [-0.2, 0) is 99.1 Å². The Labute approximate surface area is 711 Å². The number of carboxylic acid groups (broad SMARTS) is 1. The Morgan fingerprint density at radius 1 is 0.480 bits per heavy atom. The number of hydrogen-bond acceptors (Lipinski definition) is 25. The van der Waals surface area contributed by atoms with Crippen LogP contribution in [0, 0.1) is 17.2 Å². The number of benzene rings is 2. The molecule has 45 nitrogen and oxygen atoms in total. The molecule has 2 aromatic carbocycles. The molecule has 0 unspecified atom stereocenters. The van der Waals surface area contributed by atoms with Crippen LogP contribution in [0.15, 0.2) is 54.6 Å². The van der Waals surface area contributed by atoms with Crippen LogP contribution < -0.4 is 115 Å². The molecule has 3 rings (SSSR count). The van der Waals surface area contributed by atoms with Gasteiger partial charge >= 0.3 is 5.97 Å². The first-order valence-corrected chi connectivity index (χ1v) is 40.7. The van der Waals surface area contributed by atoms with E-state index in [1.807, 2.05) is 0 Å². The second-order valence-electron chi connectivity index (χ2n) is 30.4. The van der Waals surface area contributed by atoms with Crippen LogP contribution in [0.2, 0.25) is 0 Å². The van der Waals surface area contributed by atoms with Crippen molar-refractivity contribution in [3.63, 3.8) is 0 Å². The molecule has 0 saturated carbocycles. The van der Waals surface area contributed by atoms with Crippen molar-refractivity contribution in [1.82, 2.24) is 79.3 Å². The zero-order chi connectivity index (χ0) is 92.2. The number of nitrogens with two attached hydrogens (primary N) is 7. The van der Waals surface area contributed by atoms with Crippen LogP contribution in [0.25, 0.3) is 0 Å². The molecule has 45 heteroatoms. The van der Waals surface area contributed by atoms with Crippen LogP contribution in [-0.4, -0.2) is 268 Å². The number of phenolic OH excluding ortho intramolecular Hbond substituents is 1. The topological polar surface area (TPSA) is 766 Å². The summed E-state index contributed by atoms with van der Waals surface area (Å²) in [5.41, 5.74) is 40.0. The average Bonchev–Trinajstić information content (AvgIpc) is 1.73. The molecule has 684 valence electrons. The van der Waals surface area contributed by atoms with Crippen molar-refractivity contribution in [3.05, 3.63) is 65.7 Å². The Balaban J connectivity index is 1.84. The largest absolute Gasteiger partial charge is 0.508 e. The van der Waals surface area contributed by atoms with Crippen molar-refractivity contribution < 1.29 is 107 Å². The predicted molar refractivity (Wildman–Crippen MR) is 443 cm³/mol. The first kappa shape index (κ1) is 105. The van der Waals surface area contributed by atoms with E-state index in [-0.39, 0.29) is 115 Å². The van der Waals surface area contributed by atoms with E-state index < -0.39 is 242 Å². The van der Waals surface area contributed by atoms with E-state index >= 15 is 0 Å². The molecule has 0 spiro atoms. The predicted octanol–water partition coefficient (Wildman–Crippen LogP) is -8.46. The molecule has 1 heterocycles. The van der Waals surface area contributed by atoms with Gasteiger partial charge in [0.15, 0.2) is 5.96 Å². The van der Waals surface area contributed by atoms with Gasteiger partial charge in [-0.25, -0.2) is 4.79 Å². The summed E-state index contributed by atoms with van der Waals surface area (Å²) in [5.74, 6) is -19.9. The van der Waals surface area contributed by atoms with Gasteiger partial charge < -0.3 is 140 Å². The third-order valence-electron chi connectivity index (χ3n) is 19.9. The number of primary amides is 3. The van der Waals surface area contributed by atoms with Crippen LogP contribution in [0.5, 0.6) is 5.75 Å². The molecule has 0 radical (unpaired) electrons. The lowest BCUT2D eigenvalue weighted by Crippen LogP contribution is -2.61. The fourth-order valence-corrected chi connectivity index (χ4v) is 12.8. The van der Waals surface area contributed by atoms with Crippen LogP contribution in [0.4, 0.5) is 0 Å². The second-order valence-corrected chi connectivity index (χ2v) is 30.4. The van der Waals surface area contributed by atoms with Gasteiger partial charge in [0.1, 0.15) is 84.3 Å². The minimum atomic E-state index is -1.90. The molecular weight excluding hydrogens is 1610 g/mol. The van der Waals surface area contributed by atoms with Gasteiger partial charge in [-0.1, -0.05) is 83.0 Å². The maximum absolute atomic E-state index is 14.7. The van der Waals surface area contributed by atoms with Crippen LogP contribution >= 0.6 is 0 Å². The number of aliphatic hydroxyl groups is 2. The number of aromatic hydroxyl groups is 1. The summed E-state index contributed by atoms with van der Waals surface area (Å²) in [7, 11) is 0. The highest BCUT2D eigenvalue weighted by atomic mass is 16.4. The second kappa shape index (κ2) is 54.9. The lowest BCUT2D eigenvalue weighted by Gasteiger charge is -2.30. The summed E-state index contributed by atoms with van der Waals surface area (Å²) in [6.45, 7) is 5.25. The Bertz CT molecular complexity index is 3920. The Kier molecular flexibility index (Phi) is 46.9.